The highest BCUT2D eigenvalue weighted by Crippen LogP contribution is 2.32. The molecule has 1 aromatic carbocycles. The zero-order valence-corrected chi connectivity index (χ0v) is 14.5. The summed E-state index contributed by atoms with van der Waals surface area (Å²) in [6.45, 7) is 6.40. The van der Waals surface area contributed by atoms with Gasteiger partial charge in [0.15, 0.2) is 0 Å². The van der Waals surface area contributed by atoms with Gasteiger partial charge in [0.05, 0.1) is 18.3 Å². The normalized spacial score (nSPS) is 18.3. The second-order valence-corrected chi connectivity index (χ2v) is 6.58. The van der Waals surface area contributed by atoms with E-state index in [1.165, 1.54) is 5.56 Å². The fourth-order valence-electron chi connectivity index (χ4n) is 3.82. The number of aromatic nitrogens is 1. The van der Waals surface area contributed by atoms with Crippen LogP contribution in [-0.2, 0) is 11.2 Å². The third-order valence-electron chi connectivity index (χ3n) is 4.97. The lowest BCUT2D eigenvalue weighted by Gasteiger charge is -2.37. The van der Waals surface area contributed by atoms with Crippen molar-refractivity contribution in [3.05, 3.63) is 52.4 Å². The summed E-state index contributed by atoms with van der Waals surface area (Å²) in [4.78, 5) is 14.7. The van der Waals surface area contributed by atoms with E-state index >= 15 is 0 Å². The lowest BCUT2D eigenvalue weighted by molar-refractivity contribution is -0.135. The Bertz CT molecular complexity index is 718. The fourth-order valence-corrected chi connectivity index (χ4v) is 3.82. The van der Waals surface area contributed by atoms with E-state index in [9.17, 15) is 9.90 Å². The van der Waals surface area contributed by atoms with E-state index < -0.39 is 0 Å². The number of aryl methyl sites for hydroxylation is 2. The summed E-state index contributed by atoms with van der Waals surface area (Å²) in [5.41, 5.74) is 4.14. The summed E-state index contributed by atoms with van der Waals surface area (Å²) < 4.78 is 5.22. The molecule has 24 heavy (non-hydrogen) atoms. The first-order valence-corrected chi connectivity index (χ1v) is 8.43. The first-order chi connectivity index (χ1) is 11.5. The molecule has 128 valence electrons. The summed E-state index contributed by atoms with van der Waals surface area (Å²) in [5.74, 6) is 0.881. The van der Waals surface area contributed by atoms with Gasteiger partial charge in [0.2, 0.25) is 5.91 Å². The monoisotopic (exact) mass is 328 g/mol. The van der Waals surface area contributed by atoms with Crippen molar-refractivity contribution in [2.75, 3.05) is 13.2 Å². The van der Waals surface area contributed by atoms with Gasteiger partial charge in [-0.1, -0.05) is 36.3 Å². The number of aliphatic hydroxyl groups is 1. The number of carbonyl (C=O) groups excluding carboxylic acids is 1. The van der Waals surface area contributed by atoms with Crippen LogP contribution in [0.3, 0.4) is 0 Å². The molecule has 0 radical (unpaired) electrons. The van der Waals surface area contributed by atoms with Gasteiger partial charge in [-0.3, -0.25) is 4.79 Å². The Kier molecular flexibility index (Phi) is 4.71. The van der Waals surface area contributed by atoms with Crippen LogP contribution in [0.1, 0.15) is 53.4 Å². The van der Waals surface area contributed by atoms with Gasteiger partial charge >= 0.3 is 0 Å². The smallest absolute Gasteiger partial charge is 0.223 e. The van der Waals surface area contributed by atoms with Gasteiger partial charge in [0.25, 0.3) is 0 Å². The van der Waals surface area contributed by atoms with Crippen molar-refractivity contribution in [3.8, 4) is 0 Å². The number of benzene rings is 1. The number of amides is 1. The van der Waals surface area contributed by atoms with Gasteiger partial charge in [-0.15, -0.1) is 0 Å². The highest BCUT2D eigenvalue weighted by atomic mass is 16.5. The maximum atomic E-state index is 12.9. The summed E-state index contributed by atoms with van der Waals surface area (Å²) in [6.07, 6.45) is 1.22. The molecule has 1 N–H and O–H groups in total. The summed E-state index contributed by atoms with van der Waals surface area (Å²) in [5, 5.41) is 13.8. The van der Waals surface area contributed by atoms with Crippen LogP contribution in [0.25, 0.3) is 0 Å². The second-order valence-electron chi connectivity index (χ2n) is 6.58. The summed E-state index contributed by atoms with van der Waals surface area (Å²) >= 11 is 0. The van der Waals surface area contributed by atoms with Crippen molar-refractivity contribution < 1.29 is 14.4 Å². The van der Waals surface area contributed by atoms with Crippen LogP contribution in [0.15, 0.2) is 28.8 Å². The molecule has 1 aromatic heterocycles. The van der Waals surface area contributed by atoms with Crippen LogP contribution >= 0.6 is 0 Å². The van der Waals surface area contributed by atoms with E-state index in [-0.39, 0.29) is 24.5 Å². The van der Waals surface area contributed by atoms with Crippen LogP contribution in [-0.4, -0.2) is 34.2 Å². The van der Waals surface area contributed by atoms with Gasteiger partial charge in [-0.2, -0.15) is 0 Å². The van der Waals surface area contributed by atoms with E-state index in [2.05, 4.69) is 11.2 Å². The molecule has 0 fully saturated rings. The maximum absolute atomic E-state index is 12.9. The molecule has 1 amide bonds. The van der Waals surface area contributed by atoms with Gasteiger partial charge in [-0.25, -0.2) is 0 Å². The van der Waals surface area contributed by atoms with Gasteiger partial charge < -0.3 is 14.5 Å². The molecule has 0 saturated carbocycles. The Labute approximate surface area is 142 Å². The van der Waals surface area contributed by atoms with Crippen molar-refractivity contribution in [2.45, 2.75) is 45.6 Å². The largest absolute Gasteiger partial charge is 0.394 e. The highest BCUT2D eigenvalue weighted by Gasteiger charge is 2.31. The Morgan fingerprint density at radius 2 is 2.17 bits per heavy atom. The molecule has 1 aliphatic rings. The first-order valence-electron chi connectivity index (χ1n) is 8.43. The quantitative estimate of drug-likeness (QED) is 0.937. The van der Waals surface area contributed by atoms with Crippen LogP contribution in [0.5, 0.6) is 0 Å². The molecule has 5 heteroatoms. The molecule has 5 nitrogen and oxygen atoms in total. The number of fused-ring (bicyclic) bond motifs is 1. The average molecular weight is 328 g/mol. The Hall–Kier alpha value is -2.14. The number of hydrogen-bond acceptors (Lipinski definition) is 4. The van der Waals surface area contributed by atoms with Crippen molar-refractivity contribution in [1.82, 2.24) is 10.1 Å². The van der Waals surface area contributed by atoms with Crippen molar-refractivity contribution in [3.63, 3.8) is 0 Å². The average Bonchev–Trinajstić information content (AvgIpc) is 2.92. The summed E-state index contributed by atoms with van der Waals surface area (Å²) in [7, 11) is 0. The number of carbonyl (C=O) groups is 1. The maximum Gasteiger partial charge on any atom is 0.223 e. The SMILES string of the molecule is Cc1noc(C)c1[C@@H](C)CC(=O)N1CCc2ccccc2[C@H]1CO. The molecule has 2 atom stereocenters. The number of hydrogen-bond donors (Lipinski definition) is 1. The Balaban J connectivity index is 1.78. The Morgan fingerprint density at radius 3 is 2.83 bits per heavy atom. The van der Waals surface area contributed by atoms with Crippen LogP contribution < -0.4 is 0 Å². The minimum atomic E-state index is -0.251. The third-order valence-corrected chi connectivity index (χ3v) is 4.97. The minimum absolute atomic E-state index is 0.0419. The van der Waals surface area contributed by atoms with Crippen molar-refractivity contribution in [2.24, 2.45) is 0 Å². The molecule has 0 aliphatic carbocycles. The van der Waals surface area contributed by atoms with Crippen LogP contribution in [0.2, 0.25) is 0 Å². The van der Waals surface area contributed by atoms with Gasteiger partial charge in [-0.05, 0) is 37.3 Å². The predicted molar refractivity (Wildman–Crippen MR) is 90.7 cm³/mol. The zero-order chi connectivity index (χ0) is 17.3. The number of nitrogens with zero attached hydrogens (tertiary/aromatic N) is 2. The summed E-state index contributed by atoms with van der Waals surface area (Å²) in [6, 6.07) is 7.80. The lowest BCUT2D eigenvalue weighted by Crippen LogP contribution is -2.42. The topological polar surface area (TPSA) is 66.6 Å². The van der Waals surface area contributed by atoms with Crippen LogP contribution in [0.4, 0.5) is 0 Å². The minimum Gasteiger partial charge on any atom is -0.394 e. The van der Waals surface area contributed by atoms with Gasteiger partial charge in [0.1, 0.15) is 5.76 Å². The molecule has 2 aromatic rings. The van der Waals surface area contributed by atoms with E-state index in [1.807, 2.05) is 43.9 Å². The van der Waals surface area contributed by atoms with Crippen LogP contribution in [0, 0.1) is 13.8 Å². The van der Waals surface area contributed by atoms with E-state index in [0.29, 0.717) is 13.0 Å². The fraction of sp³-hybridized carbons (Fsp3) is 0.474. The molecule has 2 heterocycles. The number of aliphatic hydroxyl groups excluding tert-OH is 1. The predicted octanol–water partition coefficient (Wildman–Crippen LogP) is 2.90. The van der Waals surface area contributed by atoms with E-state index in [1.54, 1.807) is 0 Å². The lowest BCUT2D eigenvalue weighted by atomic mass is 9.91. The zero-order valence-electron chi connectivity index (χ0n) is 14.5. The molecular weight excluding hydrogens is 304 g/mol. The molecular formula is C19H24N2O3. The molecule has 1 aliphatic heterocycles. The molecule has 3 rings (SSSR count). The Morgan fingerprint density at radius 1 is 1.42 bits per heavy atom. The second kappa shape index (κ2) is 6.77. The first kappa shape index (κ1) is 16.7. The molecule has 0 saturated heterocycles. The van der Waals surface area contributed by atoms with Crippen molar-refractivity contribution in [1.29, 1.82) is 0 Å². The number of rotatable bonds is 4. The molecule has 0 spiro atoms. The molecule has 0 unspecified atom stereocenters. The van der Waals surface area contributed by atoms with E-state index in [4.69, 9.17) is 4.52 Å². The molecule has 0 bridgehead atoms. The standard InChI is InChI=1S/C19H24N2O3/c1-12(19-13(2)20-24-14(19)3)10-18(23)21-9-8-15-6-4-5-7-16(15)17(21)11-22/h4-7,12,17,22H,8-11H2,1-3H3/t12-,17+/m0/s1. The van der Waals surface area contributed by atoms with Crippen molar-refractivity contribution >= 4 is 5.91 Å². The highest BCUT2D eigenvalue weighted by molar-refractivity contribution is 5.78. The van der Waals surface area contributed by atoms with E-state index in [0.717, 1.165) is 29.0 Å². The van der Waals surface area contributed by atoms with Gasteiger partial charge in [0, 0.05) is 18.5 Å². The third kappa shape index (κ3) is 2.96.